The predicted molar refractivity (Wildman–Crippen MR) is 135 cm³/mol. The van der Waals surface area contributed by atoms with Crippen LogP contribution in [0.2, 0.25) is 0 Å². The molecular formula is C26H26N6OS. The molecule has 0 N–H and O–H groups in total. The molecule has 34 heavy (non-hydrogen) atoms. The smallest absolute Gasteiger partial charge is 0.233 e. The third kappa shape index (κ3) is 5.12. The number of benzene rings is 2. The molecule has 7 nitrogen and oxygen atoms in total. The number of nitrogens with zero attached hydrogens (tertiary/aromatic N) is 6. The number of carbonyl (C=O) groups is 1. The summed E-state index contributed by atoms with van der Waals surface area (Å²) < 4.78 is 2.07. The van der Waals surface area contributed by atoms with Crippen molar-refractivity contribution < 1.29 is 4.79 Å². The van der Waals surface area contributed by atoms with Gasteiger partial charge < -0.3 is 9.80 Å². The molecule has 1 aliphatic rings. The van der Waals surface area contributed by atoms with Crippen LogP contribution < -0.4 is 4.90 Å². The Hall–Kier alpha value is -3.65. The molecule has 172 valence electrons. The minimum absolute atomic E-state index is 0.134. The Balaban J connectivity index is 1.26. The molecule has 1 aliphatic heterocycles. The lowest BCUT2D eigenvalue weighted by atomic mass is 10.2. The normalized spacial score (nSPS) is 13.8. The van der Waals surface area contributed by atoms with Gasteiger partial charge in [-0.3, -0.25) is 14.3 Å². The topological polar surface area (TPSA) is 67.2 Å². The molecule has 5 rings (SSSR count). The first-order valence-corrected chi connectivity index (χ1v) is 12.3. The van der Waals surface area contributed by atoms with Gasteiger partial charge in [0.1, 0.15) is 0 Å². The van der Waals surface area contributed by atoms with Gasteiger partial charge in [0.05, 0.1) is 12.3 Å². The van der Waals surface area contributed by atoms with E-state index >= 15 is 0 Å². The molecule has 0 spiro atoms. The van der Waals surface area contributed by atoms with Crippen LogP contribution in [0.3, 0.4) is 0 Å². The summed E-state index contributed by atoms with van der Waals surface area (Å²) in [6.45, 7) is 3.77. The number of pyridine rings is 1. The van der Waals surface area contributed by atoms with Crippen LogP contribution in [-0.2, 0) is 11.3 Å². The average molecular weight is 471 g/mol. The third-order valence-electron chi connectivity index (χ3n) is 5.90. The molecule has 1 saturated heterocycles. The zero-order chi connectivity index (χ0) is 23.2. The minimum atomic E-state index is 0.134. The maximum atomic E-state index is 13.0. The van der Waals surface area contributed by atoms with Gasteiger partial charge in [0.15, 0.2) is 11.0 Å². The second-order valence-electron chi connectivity index (χ2n) is 8.11. The Morgan fingerprint density at radius 3 is 2.29 bits per heavy atom. The van der Waals surface area contributed by atoms with Gasteiger partial charge in [-0.05, 0) is 29.8 Å². The van der Waals surface area contributed by atoms with Gasteiger partial charge in [-0.2, -0.15) is 0 Å². The second kappa shape index (κ2) is 10.5. The molecule has 8 heteroatoms. The summed E-state index contributed by atoms with van der Waals surface area (Å²) in [6.07, 6.45) is 3.53. The van der Waals surface area contributed by atoms with Gasteiger partial charge in [-0.15, -0.1) is 10.2 Å². The first-order valence-electron chi connectivity index (χ1n) is 11.4. The second-order valence-corrected chi connectivity index (χ2v) is 9.05. The Bertz CT molecular complexity index is 1210. The van der Waals surface area contributed by atoms with Crippen LogP contribution in [0.5, 0.6) is 0 Å². The van der Waals surface area contributed by atoms with Gasteiger partial charge in [0, 0.05) is 49.8 Å². The minimum Gasteiger partial charge on any atom is -0.368 e. The average Bonchev–Trinajstić information content (AvgIpc) is 3.31. The molecule has 3 heterocycles. The first-order chi connectivity index (χ1) is 16.8. The van der Waals surface area contributed by atoms with Gasteiger partial charge in [-0.25, -0.2) is 0 Å². The predicted octanol–water partition coefficient (Wildman–Crippen LogP) is 3.83. The Kier molecular flexibility index (Phi) is 6.86. The molecule has 0 atom stereocenters. The summed E-state index contributed by atoms with van der Waals surface area (Å²) in [5.74, 6) is 1.23. The number of amides is 1. The highest BCUT2D eigenvalue weighted by Gasteiger charge is 2.23. The van der Waals surface area contributed by atoms with E-state index < -0.39 is 0 Å². The van der Waals surface area contributed by atoms with Crippen molar-refractivity contribution in [1.82, 2.24) is 24.6 Å². The highest BCUT2D eigenvalue weighted by Crippen LogP contribution is 2.25. The summed E-state index contributed by atoms with van der Waals surface area (Å²) in [5, 5.41) is 9.60. The number of rotatable bonds is 7. The van der Waals surface area contributed by atoms with Crippen molar-refractivity contribution in [3.8, 4) is 11.4 Å². The number of anilines is 1. The number of thioether (sulfide) groups is 1. The Morgan fingerprint density at radius 2 is 1.59 bits per heavy atom. The number of para-hydroxylation sites is 1. The van der Waals surface area contributed by atoms with E-state index in [4.69, 9.17) is 0 Å². The van der Waals surface area contributed by atoms with E-state index in [1.54, 1.807) is 12.4 Å². The molecule has 0 aliphatic carbocycles. The third-order valence-corrected chi connectivity index (χ3v) is 6.85. The van der Waals surface area contributed by atoms with Gasteiger partial charge in [-0.1, -0.05) is 60.3 Å². The summed E-state index contributed by atoms with van der Waals surface area (Å²) in [4.78, 5) is 21.5. The van der Waals surface area contributed by atoms with Crippen LogP contribution in [-0.4, -0.2) is 62.5 Å². The van der Waals surface area contributed by atoms with E-state index in [1.165, 1.54) is 17.4 Å². The van der Waals surface area contributed by atoms with Crippen molar-refractivity contribution in [3.05, 3.63) is 90.8 Å². The number of hydrogen-bond donors (Lipinski definition) is 0. The lowest BCUT2D eigenvalue weighted by Crippen LogP contribution is -2.49. The van der Waals surface area contributed by atoms with Crippen LogP contribution in [0.4, 0.5) is 5.69 Å². The van der Waals surface area contributed by atoms with Crippen LogP contribution in [0, 0.1) is 0 Å². The lowest BCUT2D eigenvalue weighted by molar-refractivity contribution is -0.128. The van der Waals surface area contributed by atoms with E-state index in [0.29, 0.717) is 12.3 Å². The summed E-state index contributed by atoms with van der Waals surface area (Å²) in [7, 11) is 0. The molecule has 2 aromatic carbocycles. The summed E-state index contributed by atoms with van der Waals surface area (Å²) >= 11 is 1.44. The largest absolute Gasteiger partial charge is 0.368 e. The van der Waals surface area contributed by atoms with E-state index in [2.05, 4.69) is 61.0 Å². The highest BCUT2D eigenvalue weighted by atomic mass is 32.2. The van der Waals surface area contributed by atoms with Crippen molar-refractivity contribution in [2.24, 2.45) is 0 Å². The summed E-state index contributed by atoms with van der Waals surface area (Å²) in [5.41, 5.74) is 3.26. The van der Waals surface area contributed by atoms with Crippen LogP contribution in [0.15, 0.2) is 90.3 Å². The van der Waals surface area contributed by atoms with Crippen molar-refractivity contribution >= 4 is 23.4 Å². The van der Waals surface area contributed by atoms with E-state index in [-0.39, 0.29) is 5.91 Å². The fourth-order valence-electron chi connectivity index (χ4n) is 4.08. The quantitative estimate of drug-likeness (QED) is 0.383. The fraction of sp³-hybridized carbons (Fsp3) is 0.231. The monoisotopic (exact) mass is 470 g/mol. The van der Waals surface area contributed by atoms with Gasteiger partial charge in [0.2, 0.25) is 5.91 Å². The van der Waals surface area contributed by atoms with Crippen LogP contribution in [0.1, 0.15) is 5.56 Å². The maximum Gasteiger partial charge on any atom is 0.233 e. The Morgan fingerprint density at radius 1 is 0.853 bits per heavy atom. The number of piperazine rings is 1. The molecule has 0 saturated carbocycles. The lowest BCUT2D eigenvalue weighted by Gasteiger charge is -2.36. The van der Waals surface area contributed by atoms with Crippen LogP contribution in [0.25, 0.3) is 11.4 Å². The van der Waals surface area contributed by atoms with Gasteiger partial charge in [0.25, 0.3) is 0 Å². The van der Waals surface area contributed by atoms with Crippen molar-refractivity contribution in [2.75, 3.05) is 36.8 Å². The van der Waals surface area contributed by atoms with E-state index in [1.807, 2.05) is 41.3 Å². The Labute approximate surface area is 203 Å². The molecule has 0 unspecified atom stereocenters. The molecule has 1 fully saturated rings. The first kappa shape index (κ1) is 22.2. The molecule has 4 aromatic rings. The van der Waals surface area contributed by atoms with Crippen molar-refractivity contribution in [1.29, 1.82) is 0 Å². The summed E-state index contributed by atoms with van der Waals surface area (Å²) in [6, 6.07) is 24.4. The zero-order valence-electron chi connectivity index (χ0n) is 18.8. The number of hydrogen-bond acceptors (Lipinski definition) is 6. The number of carbonyl (C=O) groups excluding carboxylic acids is 1. The fourth-order valence-corrected chi connectivity index (χ4v) is 4.92. The van der Waals surface area contributed by atoms with E-state index in [9.17, 15) is 4.79 Å². The molecule has 1 amide bonds. The molecule has 0 bridgehead atoms. The maximum absolute atomic E-state index is 13.0. The van der Waals surface area contributed by atoms with E-state index in [0.717, 1.165) is 48.3 Å². The van der Waals surface area contributed by atoms with Gasteiger partial charge >= 0.3 is 0 Å². The molecule has 2 aromatic heterocycles. The number of aromatic nitrogens is 4. The zero-order valence-corrected chi connectivity index (χ0v) is 19.6. The van der Waals surface area contributed by atoms with Crippen molar-refractivity contribution in [2.45, 2.75) is 11.7 Å². The molecule has 0 radical (unpaired) electrons. The molecular weight excluding hydrogens is 444 g/mol. The standard InChI is InChI=1S/C26H26N6OS/c33-24(31-16-14-30(15-17-31)23-11-5-2-6-12-23)20-34-26-29-28-25(22-10-7-13-27-18-22)32(26)19-21-8-3-1-4-9-21/h1-13,18H,14-17,19-20H2. The van der Waals surface area contributed by atoms with Crippen molar-refractivity contribution in [3.63, 3.8) is 0 Å². The SMILES string of the molecule is O=C(CSc1nnc(-c2cccnc2)n1Cc1ccccc1)N1CCN(c2ccccc2)CC1. The van der Waals surface area contributed by atoms with Crippen LogP contribution >= 0.6 is 11.8 Å². The highest BCUT2D eigenvalue weighted by molar-refractivity contribution is 7.99.